The number of esters is 1. The van der Waals surface area contributed by atoms with E-state index in [1.165, 1.54) is 28.9 Å². The highest BCUT2D eigenvalue weighted by Gasteiger charge is 2.35. The van der Waals surface area contributed by atoms with Crippen LogP contribution in [0.2, 0.25) is 0 Å². The number of methoxy groups -OCH3 is 1. The van der Waals surface area contributed by atoms with E-state index in [0.717, 1.165) is 66.2 Å². The van der Waals surface area contributed by atoms with Crippen molar-refractivity contribution in [3.63, 3.8) is 0 Å². The molecule has 1 aliphatic rings. The molecule has 2 heterocycles. The Morgan fingerprint density at radius 2 is 1.85 bits per heavy atom. The third kappa shape index (κ3) is 5.42. The zero-order valence-corrected chi connectivity index (χ0v) is 24.9. The van der Waals surface area contributed by atoms with Crippen molar-refractivity contribution in [3.8, 4) is 11.3 Å². The van der Waals surface area contributed by atoms with Gasteiger partial charge in [0.05, 0.1) is 29.4 Å². The first-order valence-electron chi connectivity index (χ1n) is 14.3. The van der Waals surface area contributed by atoms with Gasteiger partial charge in [-0.1, -0.05) is 83.0 Å². The molecule has 1 N–H and O–H groups in total. The number of hydrogen-bond donors (Lipinski definition) is 1. The molecule has 2 aromatic heterocycles. The number of anilines is 1. The van der Waals surface area contributed by atoms with Crippen molar-refractivity contribution >= 4 is 39.1 Å². The molecule has 6 heteroatoms. The third-order valence-corrected chi connectivity index (χ3v) is 9.82. The molecule has 1 aliphatic carbocycles. The number of aryl methyl sites for hydroxylation is 1. The number of carbonyl (C=O) groups is 2. The fraction of sp³-hybridized carbons (Fsp3) is 0.382. The van der Waals surface area contributed by atoms with Gasteiger partial charge in [-0.2, -0.15) is 0 Å². The molecule has 1 atom stereocenters. The fourth-order valence-corrected chi connectivity index (χ4v) is 7.07. The molecular weight excluding hydrogens is 516 g/mol. The molecule has 4 aromatic rings. The first-order chi connectivity index (χ1) is 19.2. The van der Waals surface area contributed by atoms with E-state index in [-0.39, 0.29) is 11.3 Å². The van der Waals surface area contributed by atoms with Crippen molar-refractivity contribution in [1.29, 1.82) is 0 Å². The first-order valence-corrected chi connectivity index (χ1v) is 15.1. The molecule has 1 amide bonds. The molecule has 5 nitrogen and oxygen atoms in total. The maximum atomic E-state index is 13.9. The Morgan fingerprint density at radius 3 is 2.55 bits per heavy atom. The van der Waals surface area contributed by atoms with Gasteiger partial charge < -0.3 is 10.1 Å². The number of aromatic nitrogens is 1. The van der Waals surface area contributed by atoms with E-state index in [1.807, 2.05) is 30.3 Å². The summed E-state index contributed by atoms with van der Waals surface area (Å²) in [4.78, 5) is 32.9. The number of rotatable bonds is 8. The van der Waals surface area contributed by atoms with Crippen LogP contribution in [-0.2, 0) is 24.0 Å². The molecule has 0 fully saturated rings. The van der Waals surface area contributed by atoms with Crippen LogP contribution >= 0.6 is 11.3 Å². The largest absolute Gasteiger partial charge is 0.465 e. The summed E-state index contributed by atoms with van der Waals surface area (Å²) in [7, 11) is 1.40. The molecule has 0 aliphatic heterocycles. The Hall–Kier alpha value is -3.51. The van der Waals surface area contributed by atoms with Crippen LogP contribution in [0.4, 0.5) is 5.00 Å². The van der Waals surface area contributed by atoms with Crippen molar-refractivity contribution < 1.29 is 14.3 Å². The number of para-hydroxylation sites is 1. The molecule has 0 saturated heterocycles. The van der Waals surface area contributed by atoms with Crippen molar-refractivity contribution in [2.24, 2.45) is 11.3 Å². The standard InChI is InChI=1S/C34H38N2O3S/c1-6-10-21-13-15-22(16-14-21)28-20-26(24-11-8-9-12-27(24)35-28)31(37)36-32-30(33(38)39-5)25-18-17-23(19-29(25)40-32)34(3,4)7-2/h8-9,11-16,20,23H,6-7,10,17-19H2,1-5H3,(H,36,37). The molecule has 0 bridgehead atoms. The summed E-state index contributed by atoms with van der Waals surface area (Å²) in [6.07, 6.45) is 5.98. The van der Waals surface area contributed by atoms with E-state index in [0.29, 0.717) is 22.0 Å². The number of ether oxygens (including phenoxy) is 1. The van der Waals surface area contributed by atoms with Gasteiger partial charge in [0.1, 0.15) is 5.00 Å². The normalized spacial score (nSPS) is 15.1. The van der Waals surface area contributed by atoms with Crippen LogP contribution in [0.25, 0.3) is 22.2 Å². The van der Waals surface area contributed by atoms with Crippen LogP contribution in [0.1, 0.15) is 83.7 Å². The molecule has 208 valence electrons. The molecule has 2 aromatic carbocycles. The Bertz CT molecular complexity index is 1550. The molecule has 0 radical (unpaired) electrons. The number of thiophene rings is 1. The summed E-state index contributed by atoms with van der Waals surface area (Å²) in [5.74, 6) is -0.113. The third-order valence-electron chi connectivity index (χ3n) is 8.65. The van der Waals surface area contributed by atoms with E-state index >= 15 is 0 Å². The Balaban J connectivity index is 1.52. The van der Waals surface area contributed by atoms with Gasteiger partial charge >= 0.3 is 5.97 Å². The first kappa shape index (κ1) is 28.0. The topological polar surface area (TPSA) is 68.3 Å². The van der Waals surface area contributed by atoms with Crippen LogP contribution in [0.15, 0.2) is 54.6 Å². The second kappa shape index (κ2) is 11.5. The second-order valence-corrected chi connectivity index (χ2v) is 12.6. The lowest BCUT2D eigenvalue weighted by Crippen LogP contribution is -2.28. The van der Waals surface area contributed by atoms with Gasteiger partial charge in [0.25, 0.3) is 5.91 Å². The van der Waals surface area contributed by atoms with Crippen LogP contribution in [-0.4, -0.2) is 24.0 Å². The van der Waals surface area contributed by atoms with Crippen LogP contribution in [0.5, 0.6) is 0 Å². The zero-order chi connectivity index (χ0) is 28.4. The van der Waals surface area contributed by atoms with Crippen molar-refractivity contribution in [1.82, 2.24) is 4.98 Å². The number of amides is 1. The lowest BCUT2D eigenvalue weighted by atomic mass is 9.69. The number of nitrogens with one attached hydrogen (secondary N) is 1. The van der Waals surface area contributed by atoms with Crippen molar-refractivity contribution in [2.45, 2.75) is 66.2 Å². The van der Waals surface area contributed by atoms with Gasteiger partial charge in [-0.25, -0.2) is 9.78 Å². The lowest BCUT2D eigenvalue weighted by Gasteiger charge is -2.36. The SMILES string of the molecule is CCCc1ccc(-c2cc(C(=O)Nc3sc4c(c3C(=O)OC)CCC(C(C)(C)CC)C4)c3ccccc3n2)cc1. The minimum Gasteiger partial charge on any atom is -0.465 e. The van der Waals surface area contributed by atoms with E-state index in [9.17, 15) is 9.59 Å². The van der Waals surface area contributed by atoms with E-state index < -0.39 is 5.97 Å². The van der Waals surface area contributed by atoms with E-state index in [4.69, 9.17) is 9.72 Å². The summed E-state index contributed by atoms with van der Waals surface area (Å²) < 4.78 is 5.18. The van der Waals surface area contributed by atoms with Crippen LogP contribution < -0.4 is 5.32 Å². The maximum absolute atomic E-state index is 13.9. The van der Waals surface area contributed by atoms with Crippen LogP contribution in [0, 0.1) is 11.3 Å². The highest BCUT2D eigenvalue weighted by atomic mass is 32.1. The quantitative estimate of drug-likeness (QED) is 0.222. The fourth-order valence-electron chi connectivity index (χ4n) is 5.76. The average molecular weight is 555 g/mol. The molecule has 1 unspecified atom stereocenters. The maximum Gasteiger partial charge on any atom is 0.341 e. The lowest BCUT2D eigenvalue weighted by molar-refractivity contribution is 0.0600. The molecule has 0 saturated carbocycles. The number of hydrogen-bond acceptors (Lipinski definition) is 5. The van der Waals surface area contributed by atoms with Gasteiger partial charge in [0.15, 0.2) is 0 Å². The van der Waals surface area contributed by atoms with Gasteiger partial charge in [-0.05, 0) is 60.3 Å². The summed E-state index contributed by atoms with van der Waals surface area (Å²) in [5, 5.41) is 4.46. The van der Waals surface area contributed by atoms with E-state index in [2.05, 4.69) is 57.3 Å². The highest BCUT2D eigenvalue weighted by molar-refractivity contribution is 7.17. The summed E-state index contributed by atoms with van der Waals surface area (Å²) in [6.45, 7) is 9.05. The summed E-state index contributed by atoms with van der Waals surface area (Å²) in [5.41, 5.74) is 6.04. The molecule has 0 spiro atoms. The average Bonchev–Trinajstić information content (AvgIpc) is 3.33. The second-order valence-electron chi connectivity index (χ2n) is 11.5. The Kier molecular flexibility index (Phi) is 8.09. The predicted octanol–water partition coefficient (Wildman–Crippen LogP) is 8.50. The smallest absolute Gasteiger partial charge is 0.341 e. The predicted molar refractivity (Wildman–Crippen MR) is 164 cm³/mol. The zero-order valence-electron chi connectivity index (χ0n) is 24.1. The highest BCUT2D eigenvalue weighted by Crippen LogP contribution is 2.46. The number of carbonyl (C=O) groups excluding carboxylic acids is 2. The molecule has 40 heavy (non-hydrogen) atoms. The number of nitrogens with zero attached hydrogens (tertiary/aromatic N) is 1. The number of fused-ring (bicyclic) bond motifs is 2. The Morgan fingerprint density at radius 1 is 1.10 bits per heavy atom. The van der Waals surface area contributed by atoms with Crippen LogP contribution in [0.3, 0.4) is 0 Å². The van der Waals surface area contributed by atoms with Gasteiger partial charge in [0.2, 0.25) is 0 Å². The van der Waals surface area contributed by atoms with Gasteiger partial charge in [-0.3, -0.25) is 4.79 Å². The minimum atomic E-state index is -0.395. The van der Waals surface area contributed by atoms with Crippen molar-refractivity contribution in [3.05, 3.63) is 81.7 Å². The minimum absolute atomic E-state index is 0.220. The molecule has 5 rings (SSSR count). The summed E-state index contributed by atoms with van der Waals surface area (Å²) in [6, 6.07) is 18.0. The number of pyridine rings is 1. The van der Waals surface area contributed by atoms with Gasteiger partial charge in [-0.15, -0.1) is 11.3 Å². The molecular formula is C34H38N2O3S. The van der Waals surface area contributed by atoms with Gasteiger partial charge in [0, 0.05) is 15.8 Å². The Labute approximate surface area is 241 Å². The summed E-state index contributed by atoms with van der Waals surface area (Å²) >= 11 is 1.52. The monoisotopic (exact) mass is 554 g/mol. The van der Waals surface area contributed by atoms with E-state index in [1.54, 1.807) is 0 Å². The number of benzene rings is 2. The van der Waals surface area contributed by atoms with Crippen molar-refractivity contribution in [2.75, 3.05) is 12.4 Å².